The van der Waals surface area contributed by atoms with Crippen molar-refractivity contribution < 1.29 is 15.0 Å². The van der Waals surface area contributed by atoms with Gasteiger partial charge in [0, 0.05) is 0 Å². The topological polar surface area (TPSA) is 57.5 Å². The van der Waals surface area contributed by atoms with Crippen LogP contribution in [0.5, 0.6) is 0 Å². The van der Waals surface area contributed by atoms with Gasteiger partial charge in [0.25, 0.3) is 0 Å². The monoisotopic (exact) mass is 216 g/mol. The van der Waals surface area contributed by atoms with Crippen LogP contribution in [0.1, 0.15) is 64.7 Å². The quantitative estimate of drug-likeness (QED) is 0.552. The summed E-state index contributed by atoms with van der Waals surface area (Å²) in [4.78, 5) is 10.3. The summed E-state index contributed by atoms with van der Waals surface area (Å²) in [6.45, 7) is 2.20. The molecule has 1 atom stereocenters. The van der Waals surface area contributed by atoms with Crippen molar-refractivity contribution in [1.29, 1.82) is 0 Å². The van der Waals surface area contributed by atoms with Gasteiger partial charge in [-0.2, -0.15) is 0 Å². The largest absolute Gasteiger partial charge is 0.481 e. The highest BCUT2D eigenvalue weighted by Crippen LogP contribution is 2.10. The molecule has 0 amide bonds. The molecule has 3 heteroatoms. The Morgan fingerprint density at radius 2 is 1.60 bits per heavy atom. The first-order valence-corrected chi connectivity index (χ1v) is 6.06. The molecule has 0 aliphatic carbocycles. The Labute approximate surface area is 92.5 Å². The predicted molar refractivity (Wildman–Crippen MR) is 60.9 cm³/mol. The third-order valence-corrected chi connectivity index (χ3v) is 2.55. The summed E-state index contributed by atoms with van der Waals surface area (Å²) in [5.74, 6) is -0.912. The van der Waals surface area contributed by atoms with Crippen molar-refractivity contribution in [3.63, 3.8) is 0 Å². The highest BCUT2D eigenvalue weighted by atomic mass is 16.4. The third kappa shape index (κ3) is 11.4. The minimum absolute atomic E-state index is 0.115. The third-order valence-electron chi connectivity index (χ3n) is 2.55. The molecule has 0 heterocycles. The minimum Gasteiger partial charge on any atom is -0.481 e. The average molecular weight is 216 g/mol. The lowest BCUT2D eigenvalue weighted by molar-refractivity contribution is -0.139. The molecule has 15 heavy (non-hydrogen) atoms. The van der Waals surface area contributed by atoms with Gasteiger partial charge in [-0.3, -0.25) is 4.79 Å². The first kappa shape index (κ1) is 14.4. The van der Waals surface area contributed by atoms with Crippen molar-refractivity contribution in [3.05, 3.63) is 0 Å². The van der Waals surface area contributed by atoms with Gasteiger partial charge in [-0.05, 0) is 6.42 Å². The first-order valence-electron chi connectivity index (χ1n) is 6.06. The van der Waals surface area contributed by atoms with Crippen LogP contribution in [0.2, 0.25) is 0 Å². The summed E-state index contributed by atoms with van der Waals surface area (Å²) >= 11 is 0. The summed E-state index contributed by atoms with van der Waals surface area (Å²) < 4.78 is 0. The maximum absolute atomic E-state index is 10.3. The molecule has 0 spiro atoms. The Hall–Kier alpha value is -0.570. The molecule has 0 radical (unpaired) electrons. The lowest BCUT2D eigenvalue weighted by Crippen LogP contribution is -2.12. The smallest absolute Gasteiger partial charge is 0.305 e. The van der Waals surface area contributed by atoms with Gasteiger partial charge in [0.05, 0.1) is 12.5 Å². The van der Waals surface area contributed by atoms with Crippen molar-refractivity contribution in [2.75, 3.05) is 0 Å². The summed E-state index contributed by atoms with van der Waals surface area (Å²) in [6, 6.07) is 0. The van der Waals surface area contributed by atoms with E-state index in [0.29, 0.717) is 6.42 Å². The van der Waals surface area contributed by atoms with E-state index in [9.17, 15) is 9.90 Å². The molecule has 0 aromatic heterocycles. The number of carboxylic acid groups (broad SMARTS) is 1. The lowest BCUT2D eigenvalue weighted by atomic mass is 10.1. The molecule has 0 aromatic carbocycles. The second kappa shape index (κ2) is 9.97. The van der Waals surface area contributed by atoms with E-state index in [-0.39, 0.29) is 6.42 Å². The van der Waals surface area contributed by atoms with Crippen molar-refractivity contribution in [3.8, 4) is 0 Å². The number of hydrogen-bond donors (Lipinski definition) is 2. The van der Waals surface area contributed by atoms with Crippen molar-refractivity contribution in [2.24, 2.45) is 0 Å². The van der Waals surface area contributed by atoms with Crippen LogP contribution in [0.4, 0.5) is 0 Å². The van der Waals surface area contributed by atoms with Gasteiger partial charge in [-0.15, -0.1) is 0 Å². The van der Waals surface area contributed by atoms with Crippen LogP contribution < -0.4 is 0 Å². The molecule has 0 saturated carbocycles. The molecule has 0 aliphatic rings. The van der Waals surface area contributed by atoms with Gasteiger partial charge in [-0.1, -0.05) is 51.9 Å². The Morgan fingerprint density at radius 1 is 1.07 bits per heavy atom. The minimum atomic E-state index is -0.912. The van der Waals surface area contributed by atoms with E-state index < -0.39 is 12.1 Å². The zero-order chi connectivity index (χ0) is 11.5. The number of unbranched alkanes of at least 4 members (excludes halogenated alkanes) is 6. The second-order valence-electron chi connectivity index (χ2n) is 4.16. The molecule has 2 N–H and O–H groups in total. The number of aliphatic hydroxyl groups is 1. The fourth-order valence-corrected chi connectivity index (χ4v) is 1.64. The van der Waals surface area contributed by atoms with Crippen LogP contribution in [-0.2, 0) is 4.79 Å². The lowest BCUT2D eigenvalue weighted by Gasteiger charge is -2.06. The van der Waals surface area contributed by atoms with Gasteiger partial charge in [0.1, 0.15) is 0 Å². The highest BCUT2D eigenvalue weighted by Gasteiger charge is 2.08. The van der Waals surface area contributed by atoms with E-state index >= 15 is 0 Å². The normalized spacial score (nSPS) is 12.7. The molecule has 0 fully saturated rings. The molecule has 0 unspecified atom stereocenters. The molecule has 0 aromatic rings. The van der Waals surface area contributed by atoms with E-state index in [1.165, 1.54) is 32.1 Å². The Morgan fingerprint density at radius 3 is 2.13 bits per heavy atom. The van der Waals surface area contributed by atoms with E-state index in [0.717, 1.165) is 12.8 Å². The fraction of sp³-hybridized carbons (Fsp3) is 0.917. The zero-order valence-electron chi connectivity index (χ0n) is 9.74. The number of hydrogen-bond acceptors (Lipinski definition) is 2. The Bertz CT molecular complexity index is 157. The van der Waals surface area contributed by atoms with Crippen LogP contribution in [0.25, 0.3) is 0 Å². The second-order valence-corrected chi connectivity index (χ2v) is 4.16. The van der Waals surface area contributed by atoms with Crippen molar-refractivity contribution in [1.82, 2.24) is 0 Å². The standard InChI is InChI=1S/C12H24O3/c1-2-3-4-5-6-7-8-9-11(13)10-12(14)15/h11,13H,2-10H2,1H3,(H,14,15)/t11-/m1/s1. The summed E-state index contributed by atoms with van der Waals surface area (Å²) in [5, 5.41) is 17.7. The van der Waals surface area contributed by atoms with Gasteiger partial charge < -0.3 is 10.2 Å². The summed E-state index contributed by atoms with van der Waals surface area (Å²) in [6.07, 6.45) is 8.25. The first-order chi connectivity index (χ1) is 7.16. The molecule has 0 aliphatic heterocycles. The highest BCUT2D eigenvalue weighted by molar-refractivity contribution is 5.67. The van der Waals surface area contributed by atoms with Crippen LogP contribution in [0.3, 0.4) is 0 Å². The summed E-state index contributed by atoms with van der Waals surface area (Å²) in [7, 11) is 0. The maximum atomic E-state index is 10.3. The van der Waals surface area contributed by atoms with E-state index in [1.54, 1.807) is 0 Å². The van der Waals surface area contributed by atoms with Gasteiger partial charge >= 0.3 is 5.97 Å². The Kier molecular flexibility index (Phi) is 9.59. The predicted octanol–water partition coefficient (Wildman–Crippen LogP) is 2.96. The number of aliphatic hydroxyl groups excluding tert-OH is 1. The molecule has 0 saturated heterocycles. The van der Waals surface area contributed by atoms with E-state index in [4.69, 9.17) is 5.11 Å². The molecular formula is C12H24O3. The maximum Gasteiger partial charge on any atom is 0.305 e. The van der Waals surface area contributed by atoms with Crippen LogP contribution in [0, 0.1) is 0 Å². The van der Waals surface area contributed by atoms with Gasteiger partial charge in [-0.25, -0.2) is 0 Å². The van der Waals surface area contributed by atoms with Crippen LogP contribution >= 0.6 is 0 Å². The van der Waals surface area contributed by atoms with Crippen LogP contribution in [0.15, 0.2) is 0 Å². The van der Waals surface area contributed by atoms with Crippen molar-refractivity contribution >= 4 is 5.97 Å². The van der Waals surface area contributed by atoms with Gasteiger partial charge in [0.2, 0.25) is 0 Å². The fourth-order valence-electron chi connectivity index (χ4n) is 1.64. The van der Waals surface area contributed by atoms with E-state index in [2.05, 4.69) is 6.92 Å². The molecule has 90 valence electrons. The molecule has 0 bridgehead atoms. The van der Waals surface area contributed by atoms with E-state index in [1.807, 2.05) is 0 Å². The number of carboxylic acids is 1. The van der Waals surface area contributed by atoms with Gasteiger partial charge in [0.15, 0.2) is 0 Å². The summed E-state index contributed by atoms with van der Waals surface area (Å²) in [5.41, 5.74) is 0. The van der Waals surface area contributed by atoms with Crippen molar-refractivity contribution in [2.45, 2.75) is 70.8 Å². The number of aliphatic carboxylic acids is 1. The molecular weight excluding hydrogens is 192 g/mol. The van der Waals surface area contributed by atoms with Crippen LogP contribution in [-0.4, -0.2) is 22.3 Å². The molecule has 3 nitrogen and oxygen atoms in total. The number of rotatable bonds is 10. The molecule has 0 rings (SSSR count). The SMILES string of the molecule is CCCCCCCCC[C@@H](O)CC(=O)O. The Balaban J connectivity index is 3.13. The average Bonchev–Trinajstić information content (AvgIpc) is 2.15. The zero-order valence-corrected chi connectivity index (χ0v) is 9.74. The number of carbonyl (C=O) groups is 1.